The summed E-state index contributed by atoms with van der Waals surface area (Å²) in [6.07, 6.45) is -2.18. The SMILES string of the molecule is CC(C)(C)[Si](C)(C)OC[C@H]1OC(O)[C@@H](O[Si](C)(C)C(C)(C)C)[C@@H]1O[Si](C)(C)C(C)(C)C. The minimum Gasteiger partial charge on any atom is -0.414 e. The smallest absolute Gasteiger partial charge is 0.192 e. The van der Waals surface area contributed by atoms with Crippen LogP contribution in [0.15, 0.2) is 0 Å². The first-order valence-corrected chi connectivity index (χ1v) is 20.5. The molecule has 31 heavy (non-hydrogen) atoms. The molecule has 1 saturated heterocycles. The summed E-state index contributed by atoms with van der Waals surface area (Å²) in [6, 6.07) is 0. The van der Waals surface area contributed by atoms with Crippen molar-refractivity contribution in [1.82, 2.24) is 0 Å². The maximum Gasteiger partial charge on any atom is 0.192 e. The molecule has 0 aliphatic carbocycles. The summed E-state index contributed by atoms with van der Waals surface area (Å²) in [5.41, 5.74) is 0. The highest BCUT2D eigenvalue weighted by molar-refractivity contribution is 6.75. The lowest BCUT2D eigenvalue weighted by Crippen LogP contribution is -2.55. The Morgan fingerprint density at radius 2 is 1.00 bits per heavy atom. The highest BCUT2D eigenvalue weighted by atomic mass is 28.4. The van der Waals surface area contributed by atoms with E-state index in [0.29, 0.717) is 6.61 Å². The molecule has 1 N–H and O–H groups in total. The van der Waals surface area contributed by atoms with Crippen LogP contribution in [-0.4, -0.2) is 61.3 Å². The molecule has 0 spiro atoms. The van der Waals surface area contributed by atoms with E-state index in [4.69, 9.17) is 18.0 Å². The molecule has 1 fully saturated rings. The van der Waals surface area contributed by atoms with Gasteiger partial charge in [-0.3, -0.25) is 0 Å². The van der Waals surface area contributed by atoms with Crippen LogP contribution in [0, 0.1) is 0 Å². The van der Waals surface area contributed by atoms with E-state index in [0.717, 1.165) is 0 Å². The molecule has 1 rings (SSSR count). The van der Waals surface area contributed by atoms with Gasteiger partial charge in [0, 0.05) is 0 Å². The summed E-state index contributed by atoms with van der Waals surface area (Å²) in [5, 5.41) is 11.1. The van der Waals surface area contributed by atoms with Gasteiger partial charge in [0.2, 0.25) is 0 Å². The lowest BCUT2D eigenvalue weighted by molar-refractivity contribution is -0.129. The third kappa shape index (κ3) is 6.97. The predicted octanol–water partition coefficient (Wildman–Crippen LogP) is 6.51. The fourth-order valence-electron chi connectivity index (χ4n) is 2.65. The molecule has 0 amide bonds. The van der Waals surface area contributed by atoms with Crippen molar-refractivity contribution in [3.05, 3.63) is 0 Å². The second kappa shape index (κ2) is 9.24. The van der Waals surface area contributed by atoms with Crippen molar-refractivity contribution in [2.75, 3.05) is 6.61 Å². The maximum atomic E-state index is 10.9. The van der Waals surface area contributed by atoms with Gasteiger partial charge in [-0.15, -0.1) is 0 Å². The van der Waals surface area contributed by atoms with Crippen molar-refractivity contribution in [2.24, 2.45) is 0 Å². The maximum absolute atomic E-state index is 10.9. The highest BCUT2D eigenvalue weighted by Gasteiger charge is 2.54. The van der Waals surface area contributed by atoms with E-state index in [-0.39, 0.29) is 27.3 Å². The van der Waals surface area contributed by atoms with Crippen molar-refractivity contribution < 1.29 is 23.1 Å². The van der Waals surface area contributed by atoms with Crippen molar-refractivity contribution in [3.63, 3.8) is 0 Å². The van der Waals surface area contributed by atoms with Crippen LogP contribution in [0.25, 0.3) is 0 Å². The average Bonchev–Trinajstić information content (AvgIpc) is 2.77. The molecule has 0 bridgehead atoms. The Kier molecular flexibility index (Phi) is 8.79. The van der Waals surface area contributed by atoms with E-state index in [9.17, 15) is 5.11 Å². The predicted molar refractivity (Wildman–Crippen MR) is 138 cm³/mol. The molecule has 0 aromatic rings. The molecule has 1 unspecified atom stereocenters. The van der Waals surface area contributed by atoms with Crippen LogP contribution < -0.4 is 0 Å². The number of hydrogen-bond acceptors (Lipinski definition) is 5. The fourth-order valence-corrected chi connectivity index (χ4v) is 6.27. The van der Waals surface area contributed by atoms with Gasteiger partial charge in [-0.1, -0.05) is 62.3 Å². The van der Waals surface area contributed by atoms with E-state index in [2.05, 4.69) is 102 Å². The Labute approximate surface area is 196 Å². The molecule has 0 saturated carbocycles. The lowest BCUT2D eigenvalue weighted by atomic mass is 10.1. The van der Waals surface area contributed by atoms with Crippen LogP contribution in [0.4, 0.5) is 0 Å². The Bertz CT molecular complexity index is 600. The minimum absolute atomic E-state index is 0.0317. The Balaban J connectivity index is 3.22. The van der Waals surface area contributed by atoms with E-state index in [1.165, 1.54) is 0 Å². The monoisotopic (exact) mass is 492 g/mol. The van der Waals surface area contributed by atoms with Crippen LogP contribution in [0.3, 0.4) is 0 Å². The summed E-state index contributed by atoms with van der Waals surface area (Å²) < 4.78 is 26.1. The van der Waals surface area contributed by atoms with E-state index < -0.39 is 37.3 Å². The zero-order valence-corrected chi connectivity index (χ0v) is 26.1. The summed E-state index contributed by atoms with van der Waals surface area (Å²) >= 11 is 0. The van der Waals surface area contributed by atoms with Gasteiger partial charge in [-0.2, -0.15) is 0 Å². The van der Waals surface area contributed by atoms with E-state index >= 15 is 0 Å². The Morgan fingerprint density at radius 1 is 0.645 bits per heavy atom. The van der Waals surface area contributed by atoms with Crippen LogP contribution in [0.2, 0.25) is 54.4 Å². The topological polar surface area (TPSA) is 57.2 Å². The first-order valence-electron chi connectivity index (χ1n) is 11.8. The van der Waals surface area contributed by atoms with E-state index in [1.807, 2.05) is 0 Å². The Hall–Kier alpha value is 0.451. The van der Waals surface area contributed by atoms with Gasteiger partial charge in [0.15, 0.2) is 31.2 Å². The zero-order chi connectivity index (χ0) is 24.8. The van der Waals surface area contributed by atoms with Gasteiger partial charge in [-0.05, 0) is 54.4 Å². The lowest BCUT2D eigenvalue weighted by Gasteiger charge is -2.44. The molecule has 1 aliphatic heterocycles. The second-order valence-corrected chi connectivity index (χ2v) is 28.1. The van der Waals surface area contributed by atoms with Gasteiger partial charge >= 0.3 is 0 Å². The summed E-state index contributed by atoms with van der Waals surface area (Å²) in [7, 11) is -6.20. The quantitative estimate of drug-likeness (QED) is 0.411. The average molecular weight is 493 g/mol. The fraction of sp³-hybridized carbons (Fsp3) is 1.00. The van der Waals surface area contributed by atoms with Crippen LogP contribution >= 0.6 is 0 Å². The molecular weight excluding hydrogens is 441 g/mol. The molecule has 0 aromatic carbocycles. The summed E-state index contributed by atoms with van der Waals surface area (Å²) in [4.78, 5) is 0. The first kappa shape index (κ1) is 29.5. The molecule has 0 aromatic heterocycles. The van der Waals surface area contributed by atoms with Crippen molar-refractivity contribution in [2.45, 2.75) is 141 Å². The van der Waals surface area contributed by atoms with Crippen LogP contribution in [0.5, 0.6) is 0 Å². The number of rotatable bonds is 7. The Morgan fingerprint density at radius 3 is 1.35 bits per heavy atom. The van der Waals surface area contributed by atoms with E-state index in [1.54, 1.807) is 0 Å². The molecule has 0 radical (unpaired) electrons. The molecule has 1 heterocycles. The summed E-state index contributed by atoms with van der Waals surface area (Å²) in [6.45, 7) is 33.8. The zero-order valence-electron chi connectivity index (χ0n) is 23.1. The number of aliphatic hydroxyl groups is 1. The van der Waals surface area contributed by atoms with Crippen LogP contribution in [-0.2, 0) is 18.0 Å². The van der Waals surface area contributed by atoms with Gasteiger partial charge in [0.25, 0.3) is 0 Å². The number of ether oxygens (including phenoxy) is 1. The number of aliphatic hydroxyl groups excluding tert-OH is 1. The summed E-state index contributed by atoms with van der Waals surface area (Å²) in [5.74, 6) is 0. The molecule has 4 atom stereocenters. The van der Waals surface area contributed by atoms with Crippen molar-refractivity contribution in [1.29, 1.82) is 0 Å². The van der Waals surface area contributed by atoms with Gasteiger partial charge < -0.3 is 23.1 Å². The third-order valence-electron chi connectivity index (χ3n) is 8.17. The molecule has 8 heteroatoms. The third-order valence-corrected chi connectivity index (χ3v) is 21.6. The van der Waals surface area contributed by atoms with Crippen molar-refractivity contribution >= 4 is 25.0 Å². The molecule has 186 valence electrons. The number of hydrogen-bond donors (Lipinski definition) is 1. The molecule has 1 aliphatic rings. The first-order chi connectivity index (χ1) is 13.4. The van der Waals surface area contributed by atoms with Gasteiger partial charge in [0.05, 0.1) is 6.61 Å². The van der Waals surface area contributed by atoms with Gasteiger partial charge in [-0.25, -0.2) is 0 Å². The molecular formula is C23H52O5Si3. The second-order valence-electron chi connectivity index (χ2n) is 13.8. The van der Waals surface area contributed by atoms with Gasteiger partial charge in [0.1, 0.15) is 18.3 Å². The largest absolute Gasteiger partial charge is 0.414 e. The standard InChI is InChI=1S/C23H52O5Si3/c1-21(2,3)29(10,11)25-16-17-18(27-30(12,13)22(4,5)6)19(20(24)26-17)28-31(14,15)23(7,8)9/h17-20,24H,16H2,1-15H3/t17-,18-,19+,20?/m1/s1. The minimum atomic E-state index is -2.13. The molecule has 5 nitrogen and oxygen atoms in total. The highest BCUT2D eigenvalue weighted by Crippen LogP contribution is 2.44. The normalized spacial score (nSPS) is 27.1. The van der Waals surface area contributed by atoms with Crippen LogP contribution in [0.1, 0.15) is 62.3 Å². The van der Waals surface area contributed by atoms with Crippen molar-refractivity contribution in [3.8, 4) is 0 Å².